The summed E-state index contributed by atoms with van der Waals surface area (Å²) in [6.07, 6.45) is 5.63. The third-order valence-corrected chi connectivity index (χ3v) is 6.69. The zero-order chi connectivity index (χ0) is 18.2. The zero-order valence-corrected chi connectivity index (χ0v) is 15.1. The van der Waals surface area contributed by atoms with E-state index in [1.807, 2.05) is 29.7 Å². The molecule has 3 heterocycles. The highest BCUT2D eigenvalue weighted by molar-refractivity contribution is 7.86. The molecule has 2 aromatic heterocycles. The average molecular weight is 363 g/mol. The molecule has 0 radical (unpaired) electrons. The van der Waals surface area contributed by atoms with Crippen molar-refractivity contribution in [2.75, 3.05) is 19.3 Å². The van der Waals surface area contributed by atoms with Gasteiger partial charge in [-0.3, -0.25) is 13.8 Å². The fourth-order valence-corrected chi connectivity index (χ4v) is 4.34. The Labute approximate surface area is 148 Å². The number of nitrogens with zero attached hydrogens (tertiary/aromatic N) is 3. The van der Waals surface area contributed by atoms with Crippen LogP contribution in [-0.2, 0) is 26.8 Å². The lowest BCUT2D eigenvalue weighted by molar-refractivity contribution is -0.143. The summed E-state index contributed by atoms with van der Waals surface area (Å²) in [5, 5.41) is 9.43. The lowest BCUT2D eigenvalue weighted by atomic mass is 9.95. The molecule has 8 heteroatoms. The minimum Gasteiger partial charge on any atom is -0.480 e. The molecule has 7 nitrogen and oxygen atoms in total. The molecule has 1 saturated heterocycles. The van der Waals surface area contributed by atoms with Crippen LogP contribution in [-0.4, -0.2) is 59.6 Å². The van der Waals surface area contributed by atoms with E-state index in [2.05, 4.69) is 4.98 Å². The Kier molecular flexibility index (Phi) is 4.64. The van der Waals surface area contributed by atoms with Crippen molar-refractivity contribution < 1.29 is 18.9 Å². The molecular weight excluding hydrogens is 342 g/mol. The number of carboxylic acids is 1. The summed E-state index contributed by atoms with van der Waals surface area (Å²) < 4.78 is 12.6. The van der Waals surface area contributed by atoms with E-state index in [0.29, 0.717) is 13.1 Å². The Morgan fingerprint density at radius 1 is 1.36 bits per heavy atom. The van der Waals surface area contributed by atoms with Gasteiger partial charge in [0.05, 0.1) is 12.1 Å². The van der Waals surface area contributed by atoms with Crippen LogP contribution in [0.4, 0.5) is 0 Å². The number of aliphatic carboxylic acids is 1. The van der Waals surface area contributed by atoms with E-state index in [1.165, 1.54) is 6.26 Å². The number of carbonyl (C=O) groups is 2. The fourth-order valence-electron chi connectivity index (χ4n) is 3.34. The summed E-state index contributed by atoms with van der Waals surface area (Å²) in [7, 11) is -1.47. The van der Waals surface area contributed by atoms with Crippen LogP contribution >= 0.6 is 0 Å². The average Bonchev–Trinajstić information content (AvgIpc) is 2.99. The van der Waals surface area contributed by atoms with Crippen molar-refractivity contribution in [2.24, 2.45) is 0 Å². The van der Waals surface area contributed by atoms with E-state index >= 15 is 0 Å². The third-order valence-electron chi connectivity index (χ3n) is 5.00. The molecule has 1 N–H and O–H groups in total. The first-order chi connectivity index (χ1) is 11.8. The molecule has 0 bridgehead atoms. The van der Waals surface area contributed by atoms with Crippen LogP contribution in [0.1, 0.15) is 24.1 Å². The summed E-state index contributed by atoms with van der Waals surface area (Å²) >= 11 is 0. The number of carbonyl (C=O) groups excluding carboxylic acids is 1. The highest BCUT2D eigenvalue weighted by atomic mass is 32.2. The first-order valence-electron chi connectivity index (χ1n) is 8.11. The van der Waals surface area contributed by atoms with Gasteiger partial charge in [0.2, 0.25) is 5.91 Å². The van der Waals surface area contributed by atoms with Crippen LogP contribution in [0.2, 0.25) is 0 Å². The van der Waals surface area contributed by atoms with E-state index in [9.17, 15) is 18.9 Å². The summed E-state index contributed by atoms with van der Waals surface area (Å²) in [5.41, 5.74) is 2.67. The molecular formula is C17H21N3O4S. The van der Waals surface area contributed by atoms with Gasteiger partial charge in [-0.1, -0.05) is 6.07 Å². The van der Waals surface area contributed by atoms with Gasteiger partial charge < -0.3 is 14.4 Å². The molecule has 1 atom stereocenters. The van der Waals surface area contributed by atoms with Crippen LogP contribution in [0.15, 0.2) is 24.5 Å². The number of amides is 1. The number of fused-ring (bicyclic) bond motifs is 1. The first-order valence-corrected chi connectivity index (χ1v) is 9.67. The predicted molar refractivity (Wildman–Crippen MR) is 93.9 cm³/mol. The molecule has 0 spiro atoms. The quantitative estimate of drug-likeness (QED) is 0.875. The molecule has 1 fully saturated rings. The number of rotatable bonds is 4. The standard InChI is InChI=1S/C17H21N3O4S/c1-12-4-3-7-20-13(11-18-15(12)20)10-14(21)19-8-5-17(6-9-19,16(22)23)25(2)24/h3-4,7,11H,5-6,8-10H2,1-2H3,(H,22,23). The number of hydrogen-bond donors (Lipinski definition) is 1. The van der Waals surface area contributed by atoms with E-state index in [4.69, 9.17) is 0 Å². The number of carboxylic acid groups (broad SMARTS) is 1. The van der Waals surface area contributed by atoms with Crippen molar-refractivity contribution in [3.05, 3.63) is 35.8 Å². The van der Waals surface area contributed by atoms with Gasteiger partial charge in [0.1, 0.15) is 10.4 Å². The Balaban J connectivity index is 1.72. The molecule has 0 aliphatic carbocycles. The van der Waals surface area contributed by atoms with Crippen molar-refractivity contribution in [1.29, 1.82) is 0 Å². The Morgan fingerprint density at radius 3 is 2.64 bits per heavy atom. The van der Waals surface area contributed by atoms with E-state index in [1.54, 1.807) is 11.1 Å². The largest absolute Gasteiger partial charge is 0.480 e. The van der Waals surface area contributed by atoms with Gasteiger partial charge in [0.25, 0.3) is 0 Å². The highest BCUT2D eigenvalue weighted by Crippen LogP contribution is 2.28. The molecule has 1 aliphatic rings. The van der Waals surface area contributed by atoms with E-state index < -0.39 is 21.5 Å². The maximum absolute atomic E-state index is 12.6. The summed E-state index contributed by atoms with van der Waals surface area (Å²) in [4.78, 5) is 30.1. The van der Waals surface area contributed by atoms with Crippen molar-refractivity contribution >= 4 is 28.3 Å². The first kappa shape index (κ1) is 17.6. The summed E-state index contributed by atoms with van der Waals surface area (Å²) in [6, 6.07) is 3.88. The van der Waals surface area contributed by atoms with Gasteiger partial charge in [-0.2, -0.15) is 0 Å². The number of aryl methyl sites for hydroxylation is 1. The minimum absolute atomic E-state index is 0.0656. The van der Waals surface area contributed by atoms with Gasteiger partial charge in [0, 0.05) is 42.5 Å². The zero-order valence-electron chi connectivity index (χ0n) is 14.3. The van der Waals surface area contributed by atoms with Crippen LogP contribution in [0.3, 0.4) is 0 Å². The lowest BCUT2D eigenvalue weighted by Gasteiger charge is -2.37. The summed E-state index contributed by atoms with van der Waals surface area (Å²) in [5.74, 6) is -1.11. The van der Waals surface area contributed by atoms with Gasteiger partial charge in [-0.05, 0) is 31.4 Å². The highest BCUT2D eigenvalue weighted by Gasteiger charge is 2.46. The topological polar surface area (TPSA) is 92.0 Å². The van der Waals surface area contributed by atoms with Crippen LogP contribution < -0.4 is 0 Å². The Hall–Kier alpha value is -2.22. The smallest absolute Gasteiger partial charge is 0.322 e. The molecule has 1 unspecified atom stereocenters. The normalized spacial score (nSPS) is 18.2. The predicted octanol–water partition coefficient (Wildman–Crippen LogP) is 1.01. The third kappa shape index (κ3) is 3.06. The number of hydrogen-bond acceptors (Lipinski definition) is 4. The maximum Gasteiger partial charge on any atom is 0.322 e. The molecule has 3 rings (SSSR count). The molecule has 134 valence electrons. The van der Waals surface area contributed by atoms with E-state index in [0.717, 1.165) is 16.9 Å². The van der Waals surface area contributed by atoms with Crippen molar-refractivity contribution in [3.8, 4) is 0 Å². The maximum atomic E-state index is 12.6. The summed E-state index contributed by atoms with van der Waals surface area (Å²) in [6.45, 7) is 2.58. The van der Waals surface area contributed by atoms with Crippen molar-refractivity contribution in [3.63, 3.8) is 0 Å². The SMILES string of the molecule is Cc1cccn2c(CC(=O)N3CCC(C(=O)O)(S(C)=O)CC3)cnc12. The molecule has 2 aromatic rings. The fraction of sp³-hybridized carbons (Fsp3) is 0.471. The minimum atomic E-state index is -1.47. The number of imidazole rings is 1. The van der Waals surface area contributed by atoms with Crippen LogP contribution in [0.25, 0.3) is 5.65 Å². The molecule has 1 amide bonds. The number of pyridine rings is 1. The second-order valence-electron chi connectivity index (χ2n) is 6.45. The van der Waals surface area contributed by atoms with Gasteiger partial charge in [0.15, 0.2) is 0 Å². The molecule has 25 heavy (non-hydrogen) atoms. The van der Waals surface area contributed by atoms with E-state index in [-0.39, 0.29) is 25.2 Å². The number of piperidine rings is 1. The van der Waals surface area contributed by atoms with Crippen LogP contribution in [0.5, 0.6) is 0 Å². The van der Waals surface area contributed by atoms with Gasteiger partial charge in [-0.25, -0.2) is 4.98 Å². The Bertz CT molecular complexity index is 837. The molecule has 1 aliphatic heterocycles. The molecule has 0 aromatic carbocycles. The Morgan fingerprint density at radius 2 is 2.04 bits per heavy atom. The van der Waals surface area contributed by atoms with Crippen molar-refractivity contribution in [2.45, 2.75) is 30.9 Å². The second-order valence-corrected chi connectivity index (χ2v) is 8.14. The number of likely N-dealkylation sites (tertiary alicyclic amines) is 1. The van der Waals surface area contributed by atoms with Crippen LogP contribution in [0, 0.1) is 6.92 Å². The monoisotopic (exact) mass is 363 g/mol. The van der Waals surface area contributed by atoms with Gasteiger partial charge in [-0.15, -0.1) is 0 Å². The van der Waals surface area contributed by atoms with Crippen molar-refractivity contribution in [1.82, 2.24) is 14.3 Å². The number of aromatic nitrogens is 2. The van der Waals surface area contributed by atoms with Gasteiger partial charge >= 0.3 is 5.97 Å². The lowest BCUT2D eigenvalue weighted by Crippen LogP contribution is -2.53. The molecule has 0 saturated carbocycles. The second kappa shape index (κ2) is 6.59.